The van der Waals surface area contributed by atoms with Crippen molar-refractivity contribution in [1.29, 1.82) is 0 Å². The Hall–Kier alpha value is -4.78. The third-order valence-electron chi connectivity index (χ3n) is 6.78. The standard InChI is InChI=1S/C27H27N5O8/c1-15-19(25(35)31-11-4-12-31)5-3-6-20(15)32-13-14-38-22(26(32)36)21(39-16(2)33)24(34)28-18-9-7-17(8-10-18)23-29-27(37)40-30-23/h3,5-10,21-22H,4,11-14H2,1-2H3,(H,28,34)(H,29,30,37)/t21-,22-/m1/s1. The number of morpholine rings is 1. The maximum atomic E-state index is 13.6. The fourth-order valence-corrected chi connectivity index (χ4v) is 4.61. The molecule has 2 saturated heterocycles. The van der Waals surface area contributed by atoms with Gasteiger partial charge >= 0.3 is 11.7 Å². The topological polar surface area (TPSA) is 164 Å². The number of benzene rings is 2. The summed E-state index contributed by atoms with van der Waals surface area (Å²) >= 11 is 0. The number of aromatic amines is 1. The number of esters is 1. The van der Waals surface area contributed by atoms with E-state index in [2.05, 4.69) is 20.0 Å². The van der Waals surface area contributed by atoms with Crippen LogP contribution in [-0.4, -0.2) is 77.2 Å². The highest BCUT2D eigenvalue weighted by molar-refractivity contribution is 6.06. The maximum Gasteiger partial charge on any atom is 0.439 e. The molecule has 5 rings (SSSR count). The Labute approximate surface area is 228 Å². The van der Waals surface area contributed by atoms with Gasteiger partial charge in [0.2, 0.25) is 6.10 Å². The Morgan fingerprint density at radius 3 is 2.48 bits per heavy atom. The van der Waals surface area contributed by atoms with Crippen LogP contribution in [-0.2, 0) is 23.9 Å². The Bertz CT molecular complexity index is 1510. The summed E-state index contributed by atoms with van der Waals surface area (Å²) in [6.07, 6.45) is -2.03. The Morgan fingerprint density at radius 1 is 1.10 bits per heavy atom. The lowest BCUT2D eigenvalue weighted by Gasteiger charge is -2.36. The van der Waals surface area contributed by atoms with Crippen molar-refractivity contribution in [3.63, 3.8) is 0 Å². The molecule has 40 heavy (non-hydrogen) atoms. The third-order valence-corrected chi connectivity index (χ3v) is 6.78. The summed E-state index contributed by atoms with van der Waals surface area (Å²) in [6, 6.07) is 11.4. The first-order valence-electron chi connectivity index (χ1n) is 12.7. The van der Waals surface area contributed by atoms with Crippen LogP contribution in [0.5, 0.6) is 0 Å². The van der Waals surface area contributed by atoms with Gasteiger partial charge in [-0.05, 0) is 55.3 Å². The number of nitrogens with zero attached hydrogens (tertiary/aromatic N) is 3. The molecule has 2 aromatic carbocycles. The number of hydrogen-bond acceptors (Lipinski definition) is 9. The number of amides is 3. The number of H-pyrrole nitrogens is 1. The summed E-state index contributed by atoms with van der Waals surface area (Å²) in [4.78, 5) is 68.5. The van der Waals surface area contributed by atoms with Crippen molar-refractivity contribution in [3.05, 3.63) is 64.1 Å². The van der Waals surface area contributed by atoms with Crippen molar-refractivity contribution in [1.82, 2.24) is 15.0 Å². The van der Waals surface area contributed by atoms with E-state index in [0.717, 1.165) is 13.3 Å². The van der Waals surface area contributed by atoms with E-state index in [9.17, 15) is 24.0 Å². The Balaban J connectivity index is 1.35. The molecule has 0 spiro atoms. The van der Waals surface area contributed by atoms with Gasteiger partial charge in [0.25, 0.3) is 17.7 Å². The summed E-state index contributed by atoms with van der Waals surface area (Å²) in [5, 5.41) is 6.24. The van der Waals surface area contributed by atoms with Gasteiger partial charge in [-0.2, -0.15) is 0 Å². The number of aromatic nitrogens is 2. The van der Waals surface area contributed by atoms with Crippen LogP contribution in [0.1, 0.15) is 29.3 Å². The fraction of sp³-hybridized carbons (Fsp3) is 0.333. The largest absolute Gasteiger partial charge is 0.449 e. The molecule has 13 nitrogen and oxygen atoms in total. The summed E-state index contributed by atoms with van der Waals surface area (Å²) in [7, 11) is 0. The second kappa shape index (κ2) is 11.1. The third kappa shape index (κ3) is 5.36. The number of carbonyl (C=O) groups excluding carboxylic acids is 4. The van der Waals surface area contributed by atoms with Gasteiger partial charge in [0.1, 0.15) is 0 Å². The summed E-state index contributed by atoms with van der Waals surface area (Å²) in [5.74, 6) is -2.69. The molecule has 2 atom stereocenters. The van der Waals surface area contributed by atoms with Crippen molar-refractivity contribution in [3.8, 4) is 11.4 Å². The fourth-order valence-electron chi connectivity index (χ4n) is 4.61. The minimum atomic E-state index is -1.58. The maximum absolute atomic E-state index is 13.6. The average Bonchev–Trinajstić information content (AvgIpc) is 3.33. The molecule has 2 N–H and O–H groups in total. The SMILES string of the molecule is CC(=O)O[C@@H](C(=O)Nc1ccc(-c2noc(=O)[nH]2)cc1)[C@H]1OCCN(c2cccc(C(=O)N3CCC3)c2C)C1=O. The molecule has 2 aliphatic rings. The average molecular weight is 550 g/mol. The molecule has 0 saturated carbocycles. The van der Waals surface area contributed by atoms with E-state index in [0.29, 0.717) is 41.2 Å². The van der Waals surface area contributed by atoms with Crippen LogP contribution in [0.4, 0.5) is 11.4 Å². The monoisotopic (exact) mass is 549 g/mol. The highest BCUT2D eigenvalue weighted by Gasteiger charge is 2.43. The van der Waals surface area contributed by atoms with Crippen molar-refractivity contribution in [2.75, 3.05) is 36.5 Å². The predicted octanol–water partition coefficient (Wildman–Crippen LogP) is 1.49. The minimum Gasteiger partial charge on any atom is -0.449 e. The van der Waals surface area contributed by atoms with Gasteiger partial charge in [0.05, 0.1) is 6.61 Å². The molecule has 13 heteroatoms. The number of anilines is 2. The van der Waals surface area contributed by atoms with Crippen LogP contribution in [0.2, 0.25) is 0 Å². The van der Waals surface area contributed by atoms with Gasteiger partial charge in [-0.25, -0.2) is 4.79 Å². The zero-order chi connectivity index (χ0) is 28.4. The molecule has 0 bridgehead atoms. The molecule has 2 fully saturated rings. The lowest BCUT2D eigenvalue weighted by Crippen LogP contribution is -2.56. The van der Waals surface area contributed by atoms with E-state index >= 15 is 0 Å². The van der Waals surface area contributed by atoms with Crippen molar-refractivity contribution >= 4 is 35.1 Å². The number of carbonyl (C=O) groups is 4. The number of ether oxygens (including phenoxy) is 2. The van der Waals surface area contributed by atoms with E-state index in [1.54, 1.807) is 54.3 Å². The molecule has 3 aromatic rings. The minimum absolute atomic E-state index is 0.0792. The van der Waals surface area contributed by atoms with E-state index in [1.807, 2.05) is 0 Å². The van der Waals surface area contributed by atoms with Gasteiger partial charge in [0, 0.05) is 49.1 Å². The van der Waals surface area contributed by atoms with E-state index in [4.69, 9.17) is 9.47 Å². The number of rotatable bonds is 7. The summed E-state index contributed by atoms with van der Waals surface area (Å²) < 4.78 is 15.4. The molecular weight excluding hydrogens is 522 g/mol. The number of likely N-dealkylation sites (tertiary alicyclic amines) is 1. The molecule has 0 aliphatic carbocycles. The molecule has 0 radical (unpaired) electrons. The van der Waals surface area contributed by atoms with Crippen molar-refractivity contribution in [2.24, 2.45) is 0 Å². The van der Waals surface area contributed by atoms with Crippen LogP contribution >= 0.6 is 0 Å². The van der Waals surface area contributed by atoms with E-state index in [-0.39, 0.29) is 24.9 Å². The van der Waals surface area contributed by atoms with Gasteiger partial charge in [-0.3, -0.25) is 28.7 Å². The lowest BCUT2D eigenvalue weighted by molar-refractivity contribution is -0.167. The van der Waals surface area contributed by atoms with E-state index in [1.165, 1.54) is 4.90 Å². The molecule has 208 valence electrons. The predicted molar refractivity (Wildman–Crippen MR) is 141 cm³/mol. The second-order valence-corrected chi connectivity index (χ2v) is 9.42. The van der Waals surface area contributed by atoms with Gasteiger partial charge in [-0.1, -0.05) is 11.2 Å². The molecule has 3 amide bonds. The Kier molecular flexibility index (Phi) is 7.47. The van der Waals surface area contributed by atoms with Crippen molar-refractivity contribution in [2.45, 2.75) is 32.5 Å². The zero-order valence-corrected chi connectivity index (χ0v) is 21.8. The highest BCUT2D eigenvalue weighted by Crippen LogP contribution is 2.29. The molecule has 1 aromatic heterocycles. The first-order chi connectivity index (χ1) is 19.2. The van der Waals surface area contributed by atoms with Crippen LogP contribution in [0.3, 0.4) is 0 Å². The van der Waals surface area contributed by atoms with Crippen LogP contribution in [0, 0.1) is 6.92 Å². The van der Waals surface area contributed by atoms with Gasteiger partial charge < -0.3 is 24.6 Å². The first kappa shape index (κ1) is 26.8. The Morgan fingerprint density at radius 2 is 1.85 bits per heavy atom. The number of nitrogens with one attached hydrogen (secondary N) is 2. The summed E-state index contributed by atoms with van der Waals surface area (Å²) in [6.45, 7) is 4.57. The zero-order valence-electron chi connectivity index (χ0n) is 21.8. The molecular formula is C27H27N5O8. The van der Waals surface area contributed by atoms with Crippen molar-refractivity contribution < 1.29 is 33.2 Å². The van der Waals surface area contributed by atoms with Crippen LogP contribution < -0.4 is 16.0 Å². The smallest absolute Gasteiger partial charge is 0.439 e. The van der Waals surface area contributed by atoms with Crippen LogP contribution in [0.15, 0.2) is 51.8 Å². The number of hydrogen-bond donors (Lipinski definition) is 2. The first-order valence-corrected chi connectivity index (χ1v) is 12.7. The quantitative estimate of drug-likeness (QED) is 0.416. The second-order valence-electron chi connectivity index (χ2n) is 9.42. The normalized spacial score (nSPS) is 17.6. The van der Waals surface area contributed by atoms with Gasteiger partial charge in [-0.15, -0.1) is 0 Å². The van der Waals surface area contributed by atoms with Gasteiger partial charge in [0.15, 0.2) is 11.9 Å². The van der Waals surface area contributed by atoms with E-state index < -0.39 is 35.7 Å². The summed E-state index contributed by atoms with van der Waals surface area (Å²) in [5.41, 5.74) is 2.53. The molecule has 0 unspecified atom stereocenters. The highest BCUT2D eigenvalue weighted by atomic mass is 16.6. The molecule has 3 heterocycles. The molecule has 2 aliphatic heterocycles. The lowest BCUT2D eigenvalue weighted by atomic mass is 10.0. The van der Waals surface area contributed by atoms with Crippen LogP contribution in [0.25, 0.3) is 11.4 Å².